The molecule has 0 aromatic heterocycles. The summed E-state index contributed by atoms with van der Waals surface area (Å²) in [5, 5.41) is 12.3. The lowest BCUT2D eigenvalue weighted by atomic mass is 10.0. The van der Waals surface area contributed by atoms with E-state index in [-0.39, 0.29) is 5.97 Å². The van der Waals surface area contributed by atoms with Gasteiger partial charge in [-0.15, -0.1) is 0 Å². The van der Waals surface area contributed by atoms with Gasteiger partial charge in [-0.05, 0) is 56.4 Å². The molecule has 0 unspecified atom stereocenters. The smallest absolute Gasteiger partial charge is 0.407 e. The van der Waals surface area contributed by atoms with Gasteiger partial charge in [-0.25, -0.2) is 9.59 Å². The van der Waals surface area contributed by atoms with Crippen molar-refractivity contribution in [2.75, 3.05) is 51.8 Å². The fraction of sp³-hybridized carbons (Fsp3) is 0.619. The van der Waals surface area contributed by atoms with Gasteiger partial charge in [0.2, 0.25) is 0 Å². The minimum absolute atomic E-state index is 0.311. The third kappa shape index (κ3) is 5.53. The predicted octanol–water partition coefficient (Wildman–Crippen LogP) is 2.60. The lowest BCUT2D eigenvalue weighted by molar-refractivity contribution is -0.144. The number of ether oxygens (including phenoxy) is 2. The number of methoxy groups -OCH3 is 1. The van der Waals surface area contributed by atoms with E-state index < -0.39 is 11.6 Å². The normalized spacial score (nSPS) is 17.7. The van der Waals surface area contributed by atoms with Crippen molar-refractivity contribution < 1.29 is 24.2 Å². The summed E-state index contributed by atoms with van der Waals surface area (Å²) < 4.78 is 10.9. The first-order valence-electron chi connectivity index (χ1n) is 10.1. The topological polar surface area (TPSA) is 91.3 Å². The number of hydrogen-bond acceptors (Lipinski definition) is 6. The molecule has 1 aliphatic heterocycles. The summed E-state index contributed by atoms with van der Waals surface area (Å²) in [5.74, 6) is 1.08. The fourth-order valence-electron chi connectivity index (χ4n) is 3.59. The van der Waals surface area contributed by atoms with Gasteiger partial charge < -0.3 is 24.8 Å². The van der Waals surface area contributed by atoms with Crippen LogP contribution < -0.4 is 10.1 Å². The predicted molar refractivity (Wildman–Crippen MR) is 110 cm³/mol. The van der Waals surface area contributed by atoms with Crippen LogP contribution in [0.25, 0.3) is 0 Å². The van der Waals surface area contributed by atoms with E-state index in [4.69, 9.17) is 14.6 Å². The molecule has 160 valence electrons. The molecule has 1 aromatic carbocycles. The standard InChI is InChI=1S/C21H31N3O5/c1-21(2,19(25)28-3)22-16-6-7-18(17(14-16)15-4-5-15)29-13-12-23-8-10-24(11-9-23)20(26)27/h6-7,14-15,22H,4-5,8-13H2,1-3H3,(H,26,27). The summed E-state index contributed by atoms with van der Waals surface area (Å²) in [6.45, 7) is 7.47. The molecule has 2 aliphatic rings. The number of carbonyl (C=O) groups is 2. The van der Waals surface area contributed by atoms with Crippen LogP contribution in [0.4, 0.5) is 10.5 Å². The first kappa shape index (κ1) is 21.2. The van der Waals surface area contributed by atoms with E-state index in [1.54, 1.807) is 13.8 Å². The molecule has 1 saturated carbocycles. The van der Waals surface area contributed by atoms with Crippen LogP contribution in [0.1, 0.15) is 38.2 Å². The second kappa shape index (κ2) is 8.90. The molecule has 8 heteroatoms. The fourth-order valence-corrected chi connectivity index (χ4v) is 3.59. The number of esters is 1. The van der Waals surface area contributed by atoms with Crippen molar-refractivity contribution in [3.63, 3.8) is 0 Å². The first-order chi connectivity index (χ1) is 13.8. The van der Waals surface area contributed by atoms with Crippen molar-refractivity contribution in [1.29, 1.82) is 0 Å². The molecule has 0 atom stereocenters. The van der Waals surface area contributed by atoms with E-state index in [0.29, 0.717) is 25.6 Å². The van der Waals surface area contributed by atoms with Crippen LogP contribution in [-0.2, 0) is 9.53 Å². The number of piperazine rings is 1. The van der Waals surface area contributed by atoms with E-state index in [1.165, 1.54) is 17.6 Å². The Morgan fingerprint density at radius 3 is 2.48 bits per heavy atom. The molecule has 8 nitrogen and oxygen atoms in total. The number of rotatable bonds is 8. The molecule has 1 aromatic rings. The van der Waals surface area contributed by atoms with Gasteiger partial charge in [0.25, 0.3) is 0 Å². The monoisotopic (exact) mass is 405 g/mol. The highest BCUT2D eigenvalue weighted by molar-refractivity contribution is 5.83. The Kier molecular flexibility index (Phi) is 6.52. The van der Waals surface area contributed by atoms with Crippen LogP contribution in [0.15, 0.2) is 18.2 Å². The molecule has 29 heavy (non-hydrogen) atoms. The van der Waals surface area contributed by atoms with E-state index in [2.05, 4.69) is 16.3 Å². The van der Waals surface area contributed by atoms with Gasteiger partial charge in [0.05, 0.1) is 7.11 Å². The van der Waals surface area contributed by atoms with E-state index in [1.807, 2.05) is 12.1 Å². The zero-order valence-electron chi connectivity index (χ0n) is 17.4. The Hall–Kier alpha value is -2.48. The maximum Gasteiger partial charge on any atom is 0.407 e. The number of carboxylic acid groups (broad SMARTS) is 1. The number of hydrogen-bond donors (Lipinski definition) is 2. The maximum absolute atomic E-state index is 11.9. The van der Waals surface area contributed by atoms with Crippen LogP contribution >= 0.6 is 0 Å². The Labute approximate surface area is 171 Å². The molecule has 1 heterocycles. The Bertz CT molecular complexity index is 740. The lowest BCUT2D eigenvalue weighted by Gasteiger charge is -2.32. The summed E-state index contributed by atoms with van der Waals surface area (Å²) >= 11 is 0. The van der Waals surface area contributed by atoms with Crippen LogP contribution in [0.5, 0.6) is 5.75 Å². The van der Waals surface area contributed by atoms with Crippen molar-refractivity contribution in [3.8, 4) is 5.75 Å². The van der Waals surface area contributed by atoms with Crippen molar-refractivity contribution >= 4 is 17.7 Å². The van der Waals surface area contributed by atoms with Gasteiger partial charge in [-0.3, -0.25) is 4.90 Å². The Morgan fingerprint density at radius 2 is 1.90 bits per heavy atom. The molecule has 0 spiro atoms. The minimum atomic E-state index is -0.848. The largest absolute Gasteiger partial charge is 0.492 e. The van der Waals surface area contributed by atoms with Gasteiger partial charge >= 0.3 is 12.1 Å². The van der Waals surface area contributed by atoms with Crippen LogP contribution in [-0.4, -0.2) is 78.9 Å². The van der Waals surface area contributed by atoms with Gasteiger partial charge in [-0.1, -0.05) is 0 Å². The quantitative estimate of drug-likeness (QED) is 0.643. The van der Waals surface area contributed by atoms with Crippen molar-refractivity contribution in [2.24, 2.45) is 0 Å². The molecule has 2 N–H and O–H groups in total. The van der Waals surface area contributed by atoms with Gasteiger partial charge in [0.15, 0.2) is 0 Å². The highest BCUT2D eigenvalue weighted by Crippen LogP contribution is 2.45. The summed E-state index contributed by atoms with van der Waals surface area (Å²) in [5.41, 5.74) is 1.24. The second-order valence-corrected chi connectivity index (χ2v) is 8.23. The Balaban J connectivity index is 1.56. The third-order valence-electron chi connectivity index (χ3n) is 5.49. The summed E-state index contributed by atoms with van der Waals surface area (Å²) in [4.78, 5) is 26.6. The number of nitrogens with one attached hydrogen (secondary N) is 1. The summed E-state index contributed by atoms with van der Waals surface area (Å²) in [6, 6.07) is 5.96. The lowest BCUT2D eigenvalue weighted by Crippen LogP contribution is -2.49. The highest BCUT2D eigenvalue weighted by atomic mass is 16.5. The van der Waals surface area contributed by atoms with E-state index >= 15 is 0 Å². The average molecular weight is 405 g/mol. The Morgan fingerprint density at radius 1 is 1.21 bits per heavy atom. The zero-order valence-corrected chi connectivity index (χ0v) is 17.4. The van der Waals surface area contributed by atoms with E-state index in [9.17, 15) is 9.59 Å². The molecule has 0 bridgehead atoms. The van der Waals surface area contributed by atoms with Gasteiger partial charge in [0.1, 0.15) is 17.9 Å². The molecular formula is C21H31N3O5. The third-order valence-corrected chi connectivity index (χ3v) is 5.49. The number of amides is 1. The maximum atomic E-state index is 11.9. The summed E-state index contributed by atoms with van der Waals surface area (Å²) in [7, 11) is 1.39. The molecule has 3 rings (SSSR count). The van der Waals surface area contributed by atoms with Crippen molar-refractivity contribution in [3.05, 3.63) is 23.8 Å². The second-order valence-electron chi connectivity index (χ2n) is 8.23. The number of anilines is 1. The minimum Gasteiger partial charge on any atom is -0.492 e. The van der Waals surface area contributed by atoms with E-state index in [0.717, 1.165) is 43.9 Å². The van der Waals surface area contributed by atoms with Crippen LogP contribution in [0, 0.1) is 0 Å². The summed E-state index contributed by atoms with van der Waals surface area (Å²) in [6.07, 6.45) is 1.45. The average Bonchev–Trinajstić information content (AvgIpc) is 3.53. The van der Waals surface area contributed by atoms with Crippen LogP contribution in [0.2, 0.25) is 0 Å². The highest BCUT2D eigenvalue weighted by Gasteiger charge is 2.31. The number of carbonyl (C=O) groups excluding carboxylic acids is 1. The molecule has 2 fully saturated rings. The van der Waals surface area contributed by atoms with Gasteiger partial charge in [-0.2, -0.15) is 0 Å². The molecule has 1 amide bonds. The first-order valence-corrected chi connectivity index (χ1v) is 10.1. The van der Waals surface area contributed by atoms with Crippen molar-refractivity contribution in [1.82, 2.24) is 9.80 Å². The van der Waals surface area contributed by atoms with Crippen LogP contribution in [0.3, 0.4) is 0 Å². The number of benzene rings is 1. The van der Waals surface area contributed by atoms with Crippen molar-refractivity contribution in [2.45, 2.75) is 38.1 Å². The number of nitrogens with zero attached hydrogens (tertiary/aromatic N) is 2. The molecule has 0 radical (unpaired) electrons. The molecular weight excluding hydrogens is 374 g/mol. The van der Waals surface area contributed by atoms with Gasteiger partial charge in [0, 0.05) is 38.4 Å². The molecule has 1 saturated heterocycles. The SMILES string of the molecule is COC(=O)C(C)(C)Nc1ccc(OCCN2CCN(C(=O)O)CC2)c(C2CC2)c1. The molecule has 1 aliphatic carbocycles. The zero-order chi connectivity index (χ0) is 21.0.